The zero-order valence-corrected chi connectivity index (χ0v) is 13.0. The molecule has 0 saturated carbocycles. The summed E-state index contributed by atoms with van der Waals surface area (Å²) in [4.78, 5) is 18.7. The van der Waals surface area contributed by atoms with Crippen LogP contribution in [0.15, 0.2) is 24.3 Å². The van der Waals surface area contributed by atoms with Crippen molar-refractivity contribution in [2.24, 2.45) is 0 Å². The van der Waals surface area contributed by atoms with E-state index in [1.165, 1.54) is 0 Å². The molecule has 0 saturated heterocycles. The van der Waals surface area contributed by atoms with E-state index < -0.39 is 6.09 Å². The van der Waals surface area contributed by atoms with Gasteiger partial charge in [-0.05, 0) is 37.7 Å². The van der Waals surface area contributed by atoms with Crippen LogP contribution in [0.2, 0.25) is 0 Å². The van der Waals surface area contributed by atoms with E-state index in [2.05, 4.69) is 24.2 Å². The first-order chi connectivity index (χ1) is 9.15. The summed E-state index contributed by atoms with van der Waals surface area (Å²) in [7, 11) is 0. The van der Waals surface area contributed by atoms with Gasteiger partial charge in [-0.1, -0.05) is 26.0 Å². The van der Waals surface area contributed by atoms with Crippen LogP contribution < -0.4 is 10.3 Å². The van der Waals surface area contributed by atoms with Crippen molar-refractivity contribution in [1.82, 2.24) is 10.4 Å². The highest BCUT2D eigenvalue weighted by Crippen LogP contribution is 2.10. The molecule has 1 amide bonds. The van der Waals surface area contributed by atoms with Gasteiger partial charge in [0, 0.05) is 6.54 Å². The second kappa shape index (κ2) is 10.3. The molecular weight excluding hydrogens is 280 g/mol. The van der Waals surface area contributed by atoms with E-state index >= 15 is 0 Å². The number of nitrogens with one attached hydrogen (secondary N) is 1. The molecule has 114 valence electrons. The zero-order valence-electron chi connectivity index (χ0n) is 12.2. The fourth-order valence-corrected chi connectivity index (χ4v) is 1.62. The summed E-state index contributed by atoms with van der Waals surface area (Å²) in [6, 6.07) is 7.41. The van der Waals surface area contributed by atoms with Crippen molar-refractivity contribution in [2.45, 2.75) is 20.8 Å². The number of rotatable bonds is 7. The number of carbonyl (C=O) groups is 1. The Labute approximate surface area is 126 Å². The summed E-state index contributed by atoms with van der Waals surface area (Å²) < 4.78 is 5.01. The number of hydrogen-bond acceptors (Lipinski definition) is 4. The number of ether oxygens (including phenoxy) is 1. The minimum atomic E-state index is -0.575. The highest BCUT2D eigenvalue weighted by molar-refractivity contribution is 5.85. The van der Waals surface area contributed by atoms with E-state index in [1.54, 1.807) is 6.07 Å². The number of benzene rings is 1. The normalized spacial score (nSPS) is 9.80. The lowest BCUT2D eigenvalue weighted by atomic mass is 10.2. The molecular formula is C14H23ClN2O3. The number of halogens is 1. The van der Waals surface area contributed by atoms with Gasteiger partial charge in [-0.25, -0.2) is 4.79 Å². The molecule has 0 fully saturated rings. The highest BCUT2D eigenvalue weighted by Gasteiger charge is 2.04. The van der Waals surface area contributed by atoms with Crippen molar-refractivity contribution < 1.29 is 14.4 Å². The van der Waals surface area contributed by atoms with E-state index in [1.807, 2.05) is 25.1 Å². The Morgan fingerprint density at radius 2 is 2.00 bits per heavy atom. The van der Waals surface area contributed by atoms with E-state index in [0.717, 1.165) is 25.2 Å². The number of likely N-dealkylation sites (N-methyl/N-ethyl adjacent to an activating group) is 1. The molecule has 1 aromatic carbocycles. The van der Waals surface area contributed by atoms with Crippen LogP contribution in [0.5, 0.6) is 5.75 Å². The maximum Gasteiger partial charge on any atom is 0.440 e. The van der Waals surface area contributed by atoms with Crippen molar-refractivity contribution in [3.63, 3.8) is 0 Å². The molecule has 6 heteroatoms. The Morgan fingerprint density at radius 1 is 1.30 bits per heavy atom. The van der Waals surface area contributed by atoms with Crippen molar-refractivity contribution in [1.29, 1.82) is 0 Å². The number of carbonyl (C=O) groups excluding carboxylic acids is 1. The van der Waals surface area contributed by atoms with Gasteiger partial charge in [0.1, 0.15) is 6.61 Å². The van der Waals surface area contributed by atoms with Crippen molar-refractivity contribution in [3.8, 4) is 5.75 Å². The van der Waals surface area contributed by atoms with E-state index in [9.17, 15) is 4.79 Å². The molecule has 1 aromatic rings. The van der Waals surface area contributed by atoms with E-state index in [0.29, 0.717) is 12.4 Å². The van der Waals surface area contributed by atoms with Crippen molar-refractivity contribution in [2.75, 3.05) is 26.2 Å². The molecule has 1 rings (SSSR count). The van der Waals surface area contributed by atoms with E-state index in [4.69, 9.17) is 9.57 Å². The minimum Gasteiger partial charge on any atom is -0.446 e. The van der Waals surface area contributed by atoms with Crippen LogP contribution in [-0.2, 0) is 4.74 Å². The van der Waals surface area contributed by atoms with Gasteiger partial charge in [0.2, 0.25) is 0 Å². The predicted octanol–water partition coefficient (Wildman–Crippen LogP) is 2.78. The van der Waals surface area contributed by atoms with Crippen LogP contribution in [0.3, 0.4) is 0 Å². The molecule has 20 heavy (non-hydrogen) atoms. The summed E-state index contributed by atoms with van der Waals surface area (Å²) in [6.45, 7) is 9.07. The number of hydroxylamine groups is 1. The van der Waals surface area contributed by atoms with Gasteiger partial charge in [-0.3, -0.25) is 0 Å². The summed E-state index contributed by atoms with van der Waals surface area (Å²) in [6.07, 6.45) is -0.575. The van der Waals surface area contributed by atoms with Gasteiger partial charge in [0.15, 0.2) is 5.75 Å². The highest BCUT2D eigenvalue weighted by atomic mass is 35.5. The number of nitrogens with zero attached hydrogens (tertiary/aromatic N) is 1. The van der Waals surface area contributed by atoms with Gasteiger partial charge in [0.05, 0.1) is 0 Å². The minimum absolute atomic E-state index is 0. The molecule has 0 aliphatic heterocycles. The fourth-order valence-electron chi connectivity index (χ4n) is 1.62. The summed E-state index contributed by atoms with van der Waals surface area (Å²) in [5, 5.41) is 0. The Bertz CT molecular complexity index is 398. The lowest BCUT2D eigenvalue weighted by Gasteiger charge is -2.17. The first-order valence-corrected chi connectivity index (χ1v) is 6.54. The van der Waals surface area contributed by atoms with Crippen LogP contribution in [-0.4, -0.2) is 37.2 Å². The third-order valence-corrected chi connectivity index (χ3v) is 2.78. The maximum absolute atomic E-state index is 11.4. The Kier molecular flexibility index (Phi) is 9.59. The monoisotopic (exact) mass is 302 g/mol. The fraction of sp³-hybridized carbons (Fsp3) is 0.500. The molecule has 1 N–H and O–H groups in total. The Balaban J connectivity index is 0.00000361. The van der Waals surface area contributed by atoms with Gasteiger partial charge >= 0.3 is 6.09 Å². The largest absolute Gasteiger partial charge is 0.446 e. The second-order valence-corrected chi connectivity index (χ2v) is 4.18. The average Bonchev–Trinajstić information content (AvgIpc) is 2.41. The maximum atomic E-state index is 11.4. The van der Waals surface area contributed by atoms with Gasteiger partial charge in [0.25, 0.3) is 0 Å². The quantitative estimate of drug-likeness (QED) is 0.787. The lowest BCUT2D eigenvalue weighted by molar-refractivity contribution is 0.0908. The molecule has 0 aliphatic carbocycles. The van der Waals surface area contributed by atoms with Crippen LogP contribution >= 0.6 is 12.4 Å². The summed E-state index contributed by atoms with van der Waals surface area (Å²) >= 11 is 0. The van der Waals surface area contributed by atoms with Crippen molar-refractivity contribution in [3.05, 3.63) is 29.8 Å². The van der Waals surface area contributed by atoms with Crippen LogP contribution in [0, 0.1) is 6.92 Å². The van der Waals surface area contributed by atoms with Gasteiger partial charge in [-0.15, -0.1) is 12.4 Å². The van der Waals surface area contributed by atoms with Gasteiger partial charge < -0.3 is 14.5 Å². The van der Waals surface area contributed by atoms with Crippen LogP contribution in [0.4, 0.5) is 4.79 Å². The molecule has 0 spiro atoms. The first-order valence-electron chi connectivity index (χ1n) is 6.54. The number of aryl methyl sites for hydroxylation is 1. The Hall–Kier alpha value is -1.46. The standard InChI is InChI=1S/C14H22N2O3.ClH/c1-4-16(5-2)9-10-18-14(17)15-19-13-8-6-7-12(3)11-13;/h6-8,11H,4-5,9-10H2,1-3H3,(H,15,17);1H. The molecule has 0 radical (unpaired) electrons. The molecule has 0 atom stereocenters. The first kappa shape index (κ1) is 18.5. The van der Waals surface area contributed by atoms with Crippen molar-refractivity contribution >= 4 is 18.5 Å². The topological polar surface area (TPSA) is 50.8 Å². The van der Waals surface area contributed by atoms with E-state index in [-0.39, 0.29) is 12.4 Å². The van der Waals surface area contributed by atoms with Crippen LogP contribution in [0.1, 0.15) is 19.4 Å². The SMILES string of the molecule is CCN(CC)CCOC(=O)NOc1cccc(C)c1.Cl. The molecule has 5 nitrogen and oxygen atoms in total. The summed E-state index contributed by atoms with van der Waals surface area (Å²) in [5.74, 6) is 0.584. The third kappa shape index (κ3) is 7.21. The molecule has 0 bridgehead atoms. The predicted molar refractivity (Wildman–Crippen MR) is 81.3 cm³/mol. The number of amides is 1. The summed E-state index contributed by atoms with van der Waals surface area (Å²) in [5.41, 5.74) is 3.32. The average molecular weight is 303 g/mol. The second-order valence-electron chi connectivity index (χ2n) is 4.18. The number of hydrogen-bond donors (Lipinski definition) is 1. The zero-order chi connectivity index (χ0) is 14.1. The lowest BCUT2D eigenvalue weighted by Crippen LogP contribution is -2.32. The smallest absolute Gasteiger partial charge is 0.440 e. The Morgan fingerprint density at radius 3 is 2.60 bits per heavy atom. The molecule has 0 aliphatic rings. The van der Waals surface area contributed by atoms with Crippen LogP contribution in [0.25, 0.3) is 0 Å². The van der Waals surface area contributed by atoms with Gasteiger partial charge in [-0.2, -0.15) is 5.48 Å². The molecule has 0 heterocycles. The molecule has 0 unspecified atom stereocenters. The third-order valence-electron chi connectivity index (χ3n) is 2.78. The molecule has 0 aromatic heterocycles.